The molecule has 0 bridgehead atoms. The van der Waals surface area contributed by atoms with Crippen LogP contribution >= 0.6 is 11.3 Å². The van der Waals surface area contributed by atoms with Crippen molar-refractivity contribution < 1.29 is 23.7 Å². The molecule has 1 aromatic heterocycles. The molecule has 3 aromatic carbocycles. The molecule has 7 nitrogen and oxygen atoms in total. The molecule has 2 atom stereocenters. The van der Waals surface area contributed by atoms with E-state index in [-0.39, 0.29) is 5.91 Å². The fourth-order valence-electron chi connectivity index (χ4n) is 3.94. The van der Waals surface area contributed by atoms with Crippen LogP contribution in [0.2, 0.25) is 0 Å². The Hall–Kier alpha value is -3.78. The second kappa shape index (κ2) is 9.23. The lowest BCUT2D eigenvalue weighted by molar-refractivity contribution is -0.130. The number of amides is 1. The molecule has 1 aliphatic rings. The predicted octanol–water partition coefficient (Wildman–Crippen LogP) is 5.08. The topological polar surface area (TPSA) is 70.1 Å². The third-order valence-electron chi connectivity index (χ3n) is 5.67. The molecule has 0 spiro atoms. The van der Waals surface area contributed by atoms with Gasteiger partial charge < -0.3 is 18.9 Å². The molecule has 0 radical (unpaired) electrons. The molecular formula is C26H24N2O5S. The van der Waals surface area contributed by atoms with Crippen LogP contribution in [0.15, 0.2) is 66.7 Å². The van der Waals surface area contributed by atoms with Gasteiger partial charge in [0.25, 0.3) is 5.91 Å². The number of hydrogen-bond acceptors (Lipinski definition) is 7. The second-order valence-corrected chi connectivity index (χ2v) is 8.84. The normalized spacial score (nSPS) is 16.8. The maximum atomic E-state index is 13.9. The molecule has 1 aliphatic heterocycles. The number of methoxy groups -OCH3 is 2. The Morgan fingerprint density at radius 1 is 0.941 bits per heavy atom. The van der Waals surface area contributed by atoms with Gasteiger partial charge in [-0.2, -0.15) is 0 Å². The van der Waals surface area contributed by atoms with Crippen LogP contribution in [-0.4, -0.2) is 37.3 Å². The van der Waals surface area contributed by atoms with E-state index in [1.54, 1.807) is 25.2 Å². The van der Waals surface area contributed by atoms with Crippen LogP contribution in [0.5, 0.6) is 23.0 Å². The monoisotopic (exact) mass is 476 g/mol. The average molecular weight is 477 g/mol. The average Bonchev–Trinajstić information content (AvgIpc) is 3.32. The van der Waals surface area contributed by atoms with E-state index >= 15 is 0 Å². The van der Waals surface area contributed by atoms with Crippen molar-refractivity contribution in [3.05, 3.63) is 72.3 Å². The van der Waals surface area contributed by atoms with Gasteiger partial charge in [0.15, 0.2) is 16.6 Å². The van der Waals surface area contributed by atoms with Gasteiger partial charge in [0, 0.05) is 0 Å². The highest BCUT2D eigenvalue weighted by atomic mass is 32.1. The SMILES string of the molecule is COc1ccc(OC)c2sc(N(Cc3ccccc3)C(=O)C3Oc4ccccc4OC3C)nc12. The van der Waals surface area contributed by atoms with E-state index in [1.807, 2.05) is 67.6 Å². The van der Waals surface area contributed by atoms with Crippen LogP contribution in [0.3, 0.4) is 0 Å². The molecular weight excluding hydrogens is 452 g/mol. The van der Waals surface area contributed by atoms with Crippen molar-refractivity contribution >= 4 is 32.6 Å². The van der Waals surface area contributed by atoms with Crippen LogP contribution in [0.25, 0.3) is 10.2 Å². The third-order valence-corrected chi connectivity index (χ3v) is 6.76. The Bertz CT molecular complexity index is 1280. The molecule has 4 aromatic rings. The Morgan fingerprint density at radius 3 is 2.29 bits per heavy atom. The number of carbonyl (C=O) groups is 1. The van der Waals surface area contributed by atoms with E-state index in [9.17, 15) is 4.79 Å². The highest BCUT2D eigenvalue weighted by Crippen LogP contribution is 2.41. The number of benzene rings is 3. The quantitative estimate of drug-likeness (QED) is 0.387. The number of anilines is 1. The Morgan fingerprint density at radius 2 is 1.59 bits per heavy atom. The first-order valence-corrected chi connectivity index (χ1v) is 11.7. The van der Waals surface area contributed by atoms with Crippen LogP contribution in [0, 0.1) is 0 Å². The number of para-hydroxylation sites is 2. The smallest absolute Gasteiger partial charge is 0.274 e. The number of aromatic nitrogens is 1. The lowest BCUT2D eigenvalue weighted by atomic mass is 10.1. The first-order chi connectivity index (χ1) is 16.6. The van der Waals surface area contributed by atoms with Gasteiger partial charge in [-0.05, 0) is 36.8 Å². The molecule has 5 rings (SSSR count). The van der Waals surface area contributed by atoms with Crippen molar-refractivity contribution in [1.82, 2.24) is 4.98 Å². The van der Waals surface area contributed by atoms with E-state index in [0.717, 1.165) is 10.3 Å². The molecule has 174 valence electrons. The molecule has 1 amide bonds. The van der Waals surface area contributed by atoms with Gasteiger partial charge in [-0.25, -0.2) is 4.98 Å². The summed E-state index contributed by atoms with van der Waals surface area (Å²) in [6.07, 6.45) is -1.30. The minimum Gasteiger partial charge on any atom is -0.495 e. The molecule has 34 heavy (non-hydrogen) atoms. The maximum Gasteiger partial charge on any atom is 0.274 e. The molecule has 0 fully saturated rings. The molecule has 0 N–H and O–H groups in total. The van der Waals surface area contributed by atoms with Gasteiger partial charge in [-0.15, -0.1) is 0 Å². The zero-order chi connectivity index (χ0) is 23.7. The molecule has 0 saturated heterocycles. The van der Waals surface area contributed by atoms with Crippen molar-refractivity contribution in [1.29, 1.82) is 0 Å². The lowest BCUT2D eigenvalue weighted by Crippen LogP contribution is -2.50. The predicted molar refractivity (Wildman–Crippen MR) is 131 cm³/mol. The zero-order valence-electron chi connectivity index (χ0n) is 19.1. The largest absolute Gasteiger partial charge is 0.495 e. The fraction of sp³-hybridized carbons (Fsp3) is 0.231. The number of thiazole rings is 1. The highest BCUT2D eigenvalue weighted by Gasteiger charge is 2.38. The van der Waals surface area contributed by atoms with Crippen molar-refractivity contribution in [2.75, 3.05) is 19.1 Å². The van der Waals surface area contributed by atoms with Gasteiger partial charge in [0.2, 0.25) is 6.10 Å². The zero-order valence-corrected chi connectivity index (χ0v) is 19.9. The standard InChI is InChI=1S/C26H24N2O5S/c1-16-23(33-19-12-8-7-11-18(19)32-16)25(29)28(15-17-9-5-4-6-10-17)26-27-22-20(30-2)13-14-21(31-3)24(22)34-26/h4-14,16,23H,15H2,1-3H3. The fourth-order valence-corrected chi connectivity index (χ4v) is 5.02. The minimum atomic E-state index is -0.825. The van der Waals surface area contributed by atoms with Gasteiger partial charge >= 0.3 is 0 Å². The number of ether oxygens (including phenoxy) is 4. The Balaban J connectivity index is 1.57. The highest BCUT2D eigenvalue weighted by molar-refractivity contribution is 7.22. The van der Waals surface area contributed by atoms with E-state index in [4.69, 9.17) is 23.9 Å². The van der Waals surface area contributed by atoms with E-state index in [2.05, 4.69) is 0 Å². The summed E-state index contributed by atoms with van der Waals surface area (Å²) in [6, 6.07) is 20.8. The first kappa shape index (κ1) is 22.0. The molecule has 2 unspecified atom stereocenters. The first-order valence-electron chi connectivity index (χ1n) is 10.9. The van der Waals surface area contributed by atoms with Gasteiger partial charge in [0.05, 0.1) is 20.8 Å². The lowest BCUT2D eigenvalue weighted by Gasteiger charge is -2.33. The summed E-state index contributed by atoms with van der Waals surface area (Å²) in [5.74, 6) is 2.23. The van der Waals surface area contributed by atoms with E-state index in [1.165, 1.54) is 11.3 Å². The number of fused-ring (bicyclic) bond motifs is 2. The van der Waals surface area contributed by atoms with E-state index < -0.39 is 12.2 Å². The number of hydrogen-bond donors (Lipinski definition) is 0. The summed E-state index contributed by atoms with van der Waals surface area (Å²) in [4.78, 5) is 20.4. The van der Waals surface area contributed by atoms with Crippen molar-refractivity contribution in [3.63, 3.8) is 0 Å². The summed E-state index contributed by atoms with van der Waals surface area (Å²) in [6.45, 7) is 2.17. The summed E-state index contributed by atoms with van der Waals surface area (Å²) in [7, 11) is 3.21. The van der Waals surface area contributed by atoms with Crippen molar-refractivity contribution in [3.8, 4) is 23.0 Å². The third kappa shape index (κ3) is 4.01. The number of rotatable bonds is 6. The molecule has 8 heteroatoms. The summed E-state index contributed by atoms with van der Waals surface area (Å²) in [5, 5.41) is 0.529. The van der Waals surface area contributed by atoms with Crippen LogP contribution < -0.4 is 23.8 Å². The molecule has 0 aliphatic carbocycles. The maximum absolute atomic E-state index is 13.9. The Labute approximate surface area is 201 Å². The Kier molecular flexibility index (Phi) is 5.98. The van der Waals surface area contributed by atoms with Gasteiger partial charge in [-0.3, -0.25) is 9.69 Å². The van der Waals surface area contributed by atoms with Gasteiger partial charge in [-0.1, -0.05) is 53.8 Å². The van der Waals surface area contributed by atoms with Crippen molar-refractivity contribution in [2.24, 2.45) is 0 Å². The van der Waals surface area contributed by atoms with Gasteiger partial charge in [0.1, 0.15) is 27.8 Å². The van der Waals surface area contributed by atoms with Crippen molar-refractivity contribution in [2.45, 2.75) is 25.7 Å². The van der Waals surface area contributed by atoms with Crippen LogP contribution in [-0.2, 0) is 11.3 Å². The van der Waals surface area contributed by atoms with Crippen LogP contribution in [0.4, 0.5) is 5.13 Å². The minimum absolute atomic E-state index is 0.233. The molecule has 2 heterocycles. The second-order valence-electron chi connectivity index (χ2n) is 7.86. The summed E-state index contributed by atoms with van der Waals surface area (Å²) in [5.41, 5.74) is 1.62. The summed E-state index contributed by atoms with van der Waals surface area (Å²) < 4.78 is 24.0. The number of nitrogens with zero attached hydrogens (tertiary/aromatic N) is 2. The summed E-state index contributed by atoms with van der Waals surface area (Å²) >= 11 is 1.38. The number of carbonyl (C=O) groups excluding carboxylic acids is 1. The van der Waals surface area contributed by atoms with Crippen LogP contribution in [0.1, 0.15) is 12.5 Å². The van der Waals surface area contributed by atoms with E-state index in [0.29, 0.717) is 40.2 Å². The molecule has 0 saturated carbocycles.